The first-order valence-electron chi connectivity index (χ1n) is 5.85. The van der Waals surface area contributed by atoms with Crippen molar-refractivity contribution in [1.82, 2.24) is 0 Å². The highest BCUT2D eigenvalue weighted by Gasteiger charge is 2.34. The third-order valence-corrected chi connectivity index (χ3v) is 3.47. The van der Waals surface area contributed by atoms with Crippen molar-refractivity contribution >= 4 is 21.7 Å². The van der Waals surface area contributed by atoms with E-state index in [1.54, 1.807) is 0 Å². The Labute approximate surface area is 111 Å². The second kappa shape index (κ2) is 6.31. The third kappa shape index (κ3) is 3.65. The lowest BCUT2D eigenvalue weighted by Crippen LogP contribution is -2.36. The fraction of sp³-hybridized carbons (Fsp3) is 0.500. The number of Topliss-reactive ketones (excluding diaryl/α,β-unsaturated/α-hetero) is 1. The molecule has 1 aromatic rings. The van der Waals surface area contributed by atoms with Crippen molar-refractivity contribution in [3.8, 4) is 0 Å². The van der Waals surface area contributed by atoms with Gasteiger partial charge in [0.2, 0.25) is 0 Å². The highest BCUT2D eigenvalue weighted by molar-refractivity contribution is 9.09. The molecule has 3 heteroatoms. The van der Waals surface area contributed by atoms with Crippen LogP contribution in [0.1, 0.15) is 32.8 Å². The first-order chi connectivity index (χ1) is 8.00. The lowest BCUT2D eigenvalue weighted by Gasteiger charge is -2.26. The molecular formula is C14H19BrO2. The van der Waals surface area contributed by atoms with Crippen LogP contribution < -0.4 is 0 Å². The van der Waals surface area contributed by atoms with Crippen LogP contribution >= 0.6 is 15.9 Å². The summed E-state index contributed by atoms with van der Waals surface area (Å²) in [4.78, 5) is 12.3. The van der Waals surface area contributed by atoms with Crippen molar-refractivity contribution in [2.75, 3.05) is 6.61 Å². The van der Waals surface area contributed by atoms with Gasteiger partial charge in [-0.05, 0) is 41.8 Å². The van der Waals surface area contributed by atoms with E-state index < -0.39 is 10.4 Å². The fourth-order valence-corrected chi connectivity index (χ4v) is 2.34. The summed E-state index contributed by atoms with van der Waals surface area (Å²) in [5.74, 6) is 0.0529. The van der Waals surface area contributed by atoms with E-state index in [0.717, 1.165) is 12.0 Å². The van der Waals surface area contributed by atoms with Crippen molar-refractivity contribution in [1.29, 1.82) is 0 Å². The molecule has 1 rings (SSSR count). The van der Waals surface area contributed by atoms with E-state index in [-0.39, 0.29) is 5.78 Å². The second-order valence-electron chi connectivity index (χ2n) is 4.54. The molecule has 17 heavy (non-hydrogen) atoms. The first-order valence-corrected chi connectivity index (χ1v) is 6.77. The molecule has 1 aromatic carbocycles. The maximum Gasteiger partial charge on any atom is 0.182 e. The lowest BCUT2D eigenvalue weighted by atomic mass is 9.81. The molecule has 0 spiro atoms. The Hall–Kier alpha value is -0.670. The zero-order valence-corrected chi connectivity index (χ0v) is 12.2. The Morgan fingerprint density at radius 1 is 1.35 bits per heavy atom. The molecule has 2 nitrogen and oxygen atoms in total. The number of rotatable bonds is 6. The van der Waals surface area contributed by atoms with Gasteiger partial charge in [0.1, 0.15) is 0 Å². The Kier molecular flexibility index (Phi) is 5.34. The molecule has 0 saturated heterocycles. The molecular weight excluding hydrogens is 280 g/mol. The predicted molar refractivity (Wildman–Crippen MR) is 73.4 cm³/mol. The lowest BCUT2D eigenvalue weighted by molar-refractivity contribution is -0.129. The van der Waals surface area contributed by atoms with Gasteiger partial charge in [-0.25, -0.2) is 0 Å². The number of hydrogen-bond donors (Lipinski definition) is 0. The minimum absolute atomic E-state index is 0.0529. The topological polar surface area (TPSA) is 26.3 Å². The molecule has 94 valence electrons. The molecule has 1 unspecified atom stereocenters. The molecule has 1 atom stereocenters. The standard InChI is InChI=1S/C14H19BrO2/c1-4-10-17-13(15)12(16)14(2,3)11-8-6-5-7-9-11/h5-9,13H,4,10H2,1-3H3. The minimum Gasteiger partial charge on any atom is -0.359 e. The van der Waals surface area contributed by atoms with Gasteiger partial charge < -0.3 is 4.74 Å². The zero-order chi connectivity index (χ0) is 12.9. The monoisotopic (exact) mass is 298 g/mol. The van der Waals surface area contributed by atoms with Crippen molar-refractivity contribution in [3.63, 3.8) is 0 Å². The number of alkyl halides is 1. The van der Waals surface area contributed by atoms with E-state index in [4.69, 9.17) is 4.74 Å². The Bertz CT molecular complexity index is 360. The summed E-state index contributed by atoms with van der Waals surface area (Å²) >= 11 is 3.31. The van der Waals surface area contributed by atoms with Gasteiger partial charge >= 0.3 is 0 Å². The smallest absolute Gasteiger partial charge is 0.182 e. The highest BCUT2D eigenvalue weighted by atomic mass is 79.9. The van der Waals surface area contributed by atoms with E-state index in [1.165, 1.54) is 0 Å². The van der Waals surface area contributed by atoms with Crippen LogP contribution in [0.15, 0.2) is 30.3 Å². The molecule has 0 fully saturated rings. The van der Waals surface area contributed by atoms with Crippen LogP contribution in [-0.4, -0.2) is 17.4 Å². The fourth-order valence-electron chi connectivity index (χ4n) is 1.58. The van der Waals surface area contributed by atoms with Crippen LogP contribution in [0.25, 0.3) is 0 Å². The molecule has 0 N–H and O–H groups in total. The molecule has 0 radical (unpaired) electrons. The van der Waals surface area contributed by atoms with Crippen LogP contribution in [0.5, 0.6) is 0 Å². The molecule has 0 aliphatic rings. The summed E-state index contributed by atoms with van der Waals surface area (Å²) in [5.41, 5.74) is 0.470. The van der Waals surface area contributed by atoms with E-state index in [0.29, 0.717) is 6.61 Å². The summed E-state index contributed by atoms with van der Waals surface area (Å²) < 4.78 is 5.43. The van der Waals surface area contributed by atoms with E-state index in [9.17, 15) is 4.79 Å². The number of halogens is 1. The summed E-state index contributed by atoms with van der Waals surface area (Å²) in [7, 11) is 0. The minimum atomic E-state index is -0.539. The molecule has 0 aliphatic heterocycles. The van der Waals surface area contributed by atoms with Crippen molar-refractivity contribution < 1.29 is 9.53 Å². The number of benzene rings is 1. The van der Waals surface area contributed by atoms with Gasteiger partial charge in [-0.15, -0.1) is 0 Å². The van der Waals surface area contributed by atoms with Gasteiger partial charge in [0.15, 0.2) is 10.8 Å². The molecule has 0 bridgehead atoms. The summed E-state index contributed by atoms with van der Waals surface area (Å²) in [6.07, 6.45) is 0.904. The average molecular weight is 299 g/mol. The quantitative estimate of drug-likeness (QED) is 0.749. The molecule has 0 amide bonds. The molecule has 0 aromatic heterocycles. The number of ether oxygens (including phenoxy) is 1. The number of carbonyl (C=O) groups excluding carboxylic acids is 1. The average Bonchev–Trinajstić information content (AvgIpc) is 2.36. The first kappa shape index (κ1) is 14.4. The SMILES string of the molecule is CCCOC(Br)C(=O)C(C)(C)c1ccccc1. The Morgan fingerprint density at radius 3 is 2.47 bits per heavy atom. The summed E-state index contributed by atoms with van der Waals surface area (Å²) in [6, 6.07) is 9.78. The number of carbonyl (C=O) groups is 1. The third-order valence-electron chi connectivity index (χ3n) is 2.79. The van der Waals surface area contributed by atoms with E-state index in [1.807, 2.05) is 51.1 Å². The predicted octanol–water partition coefficient (Wildman–Crippen LogP) is 3.68. The zero-order valence-electron chi connectivity index (χ0n) is 10.6. The van der Waals surface area contributed by atoms with Crippen molar-refractivity contribution in [2.24, 2.45) is 0 Å². The molecule has 0 saturated carbocycles. The van der Waals surface area contributed by atoms with Crippen LogP contribution in [-0.2, 0) is 14.9 Å². The van der Waals surface area contributed by atoms with Gasteiger partial charge in [0, 0.05) is 6.61 Å². The number of ketones is 1. The largest absolute Gasteiger partial charge is 0.359 e. The van der Waals surface area contributed by atoms with Crippen LogP contribution in [0.3, 0.4) is 0 Å². The van der Waals surface area contributed by atoms with Crippen molar-refractivity contribution in [2.45, 2.75) is 37.6 Å². The summed E-state index contributed by atoms with van der Waals surface area (Å²) in [5, 5.41) is -0.530. The van der Waals surface area contributed by atoms with Gasteiger partial charge in [0.25, 0.3) is 0 Å². The highest BCUT2D eigenvalue weighted by Crippen LogP contribution is 2.27. The van der Waals surface area contributed by atoms with Gasteiger partial charge in [-0.2, -0.15) is 0 Å². The van der Waals surface area contributed by atoms with Gasteiger partial charge in [0.05, 0.1) is 5.41 Å². The van der Waals surface area contributed by atoms with Crippen molar-refractivity contribution in [3.05, 3.63) is 35.9 Å². The Balaban J connectivity index is 2.80. The molecule has 0 aliphatic carbocycles. The van der Waals surface area contributed by atoms with Gasteiger partial charge in [-0.3, -0.25) is 4.79 Å². The normalized spacial score (nSPS) is 13.4. The van der Waals surface area contributed by atoms with E-state index in [2.05, 4.69) is 15.9 Å². The maximum atomic E-state index is 12.3. The number of hydrogen-bond acceptors (Lipinski definition) is 2. The van der Waals surface area contributed by atoms with Crippen LogP contribution in [0, 0.1) is 0 Å². The second-order valence-corrected chi connectivity index (χ2v) is 5.37. The van der Waals surface area contributed by atoms with Crippen LogP contribution in [0.2, 0.25) is 0 Å². The Morgan fingerprint density at radius 2 is 1.94 bits per heavy atom. The molecule has 0 heterocycles. The maximum absolute atomic E-state index is 12.3. The van der Waals surface area contributed by atoms with E-state index >= 15 is 0 Å². The summed E-state index contributed by atoms with van der Waals surface area (Å²) in [6.45, 7) is 6.46. The van der Waals surface area contributed by atoms with Crippen LogP contribution in [0.4, 0.5) is 0 Å². The van der Waals surface area contributed by atoms with Gasteiger partial charge in [-0.1, -0.05) is 37.3 Å².